The van der Waals surface area contributed by atoms with Crippen LogP contribution in [-0.2, 0) is 9.59 Å². The molecule has 2 atom stereocenters. The molecule has 0 radical (unpaired) electrons. The fraction of sp³-hybridized carbons (Fsp3) is 0.920. The number of amides is 1. The second-order valence-corrected chi connectivity index (χ2v) is 12.6. The van der Waals surface area contributed by atoms with Crippen LogP contribution in [0.3, 0.4) is 0 Å². The van der Waals surface area contributed by atoms with E-state index in [2.05, 4.69) is 81.1 Å². The highest BCUT2D eigenvalue weighted by atomic mass is 16.4. The Labute approximate surface area is 179 Å². The molecule has 29 heavy (non-hydrogen) atoms. The molecule has 0 aliphatic carbocycles. The largest absolute Gasteiger partial charge is 0.481 e. The first-order valence-corrected chi connectivity index (χ1v) is 11.4. The van der Waals surface area contributed by atoms with Gasteiger partial charge in [-0.2, -0.15) is 0 Å². The Morgan fingerprint density at radius 1 is 1.00 bits per heavy atom. The summed E-state index contributed by atoms with van der Waals surface area (Å²) in [6.45, 7) is 24.8. The van der Waals surface area contributed by atoms with Gasteiger partial charge in [-0.25, -0.2) is 0 Å². The Kier molecular flexibility index (Phi) is 7.69. The van der Waals surface area contributed by atoms with Crippen molar-refractivity contribution in [2.75, 3.05) is 6.54 Å². The SMILES string of the molecule is CC(C)C(C)(C)C(CC(C)(C)C(C)(C)C(CC(C)(C)C)N1CCCC1=O)C(=O)O. The molecule has 0 spiro atoms. The first-order chi connectivity index (χ1) is 12.8. The molecular formula is C25H47NO3. The fourth-order valence-corrected chi connectivity index (χ4v) is 4.63. The van der Waals surface area contributed by atoms with Crippen LogP contribution in [0.4, 0.5) is 0 Å². The maximum atomic E-state index is 12.7. The van der Waals surface area contributed by atoms with Gasteiger partial charge in [0.1, 0.15) is 0 Å². The van der Waals surface area contributed by atoms with E-state index in [1.54, 1.807) is 0 Å². The average molecular weight is 410 g/mol. The minimum Gasteiger partial charge on any atom is -0.481 e. The van der Waals surface area contributed by atoms with Crippen molar-refractivity contribution in [1.29, 1.82) is 0 Å². The minimum atomic E-state index is -0.711. The van der Waals surface area contributed by atoms with E-state index in [0.29, 0.717) is 12.8 Å². The number of carbonyl (C=O) groups is 2. The lowest BCUT2D eigenvalue weighted by Crippen LogP contribution is -2.55. The van der Waals surface area contributed by atoms with Crippen LogP contribution < -0.4 is 0 Å². The molecule has 0 aromatic rings. The summed E-state index contributed by atoms with van der Waals surface area (Å²) in [6.07, 6.45) is 3.08. The molecule has 2 unspecified atom stereocenters. The van der Waals surface area contributed by atoms with Crippen molar-refractivity contribution in [3.8, 4) is 0 Å². The third-order valence-electron chi connectivity index (χ3n) is 8.27. The minimum absolute atomic E-state index is 0.0876. The van der Waals surface area contributed by atoms with E-state index in [1.165, 1.54) is 0 Å². The summed E-state index contributed by atoms with van der Waals surface area (Å²) in [7, 11) is 0. The van der Waals surface area contributed by atoms with E-state index in [9.17, 15) is 14.7 Å². The van der Waals surface area contributed by atoms with Gasteiger partial charge in [0, 0.05) is 19.0 Å². The van der Waals surface area contributed by atoms with Gasteiger partial charge in [0.25, 0.3) is 0 Å². The lowest BCUT2D eigenvalue weighted by Gasteiger charge is -2.53. The number of hydrogen-bond donors (Lipinski definition) is 1. The lowest BCUT2D eigenvalue weighted by molar-refractivity contribution is -0.152. The Hall–Kier alpha value is -1.06. The van der Waals surface area contributed by atoms with Gasteiger partial charge in [0.05, 0.1) is 5.92 Å². The third kappa shape index (κ3) is 5.76. The summed E-state index contributed by atoms with van der Waals surface area (Å²) in [6, 6.07) is 0.101. The summed E-state index contributed by atoms with van der Waals surface area (Å²) in [5, 5.41) is 10.1. The van der Waals surface area contributed by atoms with Gasteiger partial charge >= 0.3 is 5.97 Å². The number of aliphatic carboxylic acids is 1. The molecule has 1 N–H and O–H groups in total. The molecule has 4 nitrogen and oxygen atoms in total. The van der Waals surface area contributed by atoms with E-state index < -0.39 is 11.9 Å². The molecule has 4 heteroatoms. The number of hydrogen-bond acceptors (Lipinski definition) is 2. The van der Waals surface area contributed by atoms with Crippen LogP contribution in [0.15, 0.2) is 0 Å². The van der Waals surface area contributed by atoms with Gasteiger partial charge in [-0.3, -0.25) is 9.59 Å². The van der Waals surface area contributed by atoms with Crippen molar-refractivity contribution >= 4 is 11.9 Å². The standard InChI is InChI=1S/C25H47NO3/c1-17(2)24(8,9)18(21(28)29)15-23(6,7)25(10,11)19(16-22(3,4)5)26-14-12-13-20(26)27/h17-19H,12-16H2,1-11H3,(H,28,29). The maximum absolute atomic E-state index is 12.7. The lowest BCUT2D eigenvalue weighted by atomic mass is 9.55. The molecule has 0 aromatic heterocycles. The molecule has 1 amide bonds. The number of carboxylic acids is 1. The Balaban J connectivity index is 3.34. The molecule has 1 saturated heterocycles. The van der Waals surface area contributed by atoms with Gasteiger partial charge in [-0.15, -0.1) is 0 Å². The molecular weight excluding hydrogens is 362 g/mol. The van der Waals surface area contributed by atoms with E-state index in [-0.39, 0.29) is 39.5 Å². The van der Waals surface area contributed by atoms with E-state index in [4.69, 9.17) is 0 Å². The van der Waals surface area contributed by atoms with Crippen LogP contribution in [0.25, 0.3) is 0 Å². The van der Waals surface area contributed by atoms with Crippen LogP contribution in [0, 0.1) is 33.5 Å². The van der Waals surface area contributed by atoms with Crippen LogP contribution >= 0.6 is 0 Å². The van der Waals surface area contributed by atoms with Crippen molar-refractivity contribution in [2.24, 2.45) is 33.5 Å². The zero-order chi connectivity index (χ0) is 23.0. The highest BCUT2D eigenvalue weighted by Gasteiger charge is 2.51. The topological polar surface area (TPSA) is 57.6 Å². The Morgan fingerprint density at radius 3 is 1.86 bits per heavy atom. The Bertz CT molecular complexity index is 596. The number of rotatable bonds is 9. The summed E-state index contributed by atoms with van der Waals surface area (Å²) < 4.78 is 0. The van der Waals surface area contributed by atoms with Crippen molar-refractivity contribution in [3.63, 3.8) is 0 Å². The zero-order valence-corrected chi connectivity index (χ0v) is 21.0. The molecule has 170 valence electrons. The summed E-state index contributed by atoms with van der Waals surface area (Å²) in [5.41, 5.74) is -0.686. The van der Waals surface area contributed by atoms with Crippen LogP contribution in [0.5, 0.6) is 0 Å². The molecule has 1 heterocycles. The molecule has 1 aliphatic rings. The molecule has 0 aromatic carbocycles. The highest BCUT2D eigenvalue weighted by molar-refractivity contribution is 5.78. The maximum Gasteiger partial charge on any atom is 0.307 e. The molecule has 1 fully saturated rings. The number of carbonyl (C=O) groups excluding carboxylic acids is 1. The molecule has 0 saturated carbocycles. The number of likely N-dealkylation sites (tertiary alicyclic amines) is 1. The fourth-order valence-electron chi connectivity index (χ4n) is 4.63. The first kappa shape index (κ1) is 26.0. The van der Waals surface area contributed by atoms with Gasteiger partial charge < -0.3 is 10.0 Å². The zero-order valence-electron chi connectivity index (χ0n) is 21.0. The highest BCUT2D eigenvalue weighted by Crippen LogP contribution is 2.53. The molecule has 1 rings (SSSR count). The van der Waals surface area contributed by atoms with E-state index >= 15 is 0 Å². The predicted octanol–water partition coefficient (Wildman–Crippen LogP) is 6.24. The summed E-state index contributed by atoms with van der Waals surface area (Å²) in [5.74, 6) is -0.619. The average Bonchev–Trinajstić information content (AvgIpc) is 2.94. The van der Waals surface area contributed by atoms with Crippen molar-refractivity contribution in [3.05, 3.63) is 0 Å². The van der Waals surface area contributed by atoms with Crippen molar-refractivity contribution in [2.45, 2.75) is 108 Å². The van der Waals surface area contributed by atoms with Crippen molar-refractivity contribution in [1.82, 2.24) is 4.90 Å². The predicted molar refractivity (Wildman–Crippen MR) is 121 cm³/mol. The van der Waals surface area contributed by atoms with Crippen LogP contribution in [-0.4, -0.2) is 34.5 Å². The van der Waals surface area contributed by atoms with Gasteiger partial charge in [-0.05, 0) is 46.8 Å². The monoisotopic (exact) mass is 409 g/mol. The number of carboxylic acid groups (broad SMARTS) is 1. The van der Waals surface area contributed by atoms with Gasteiger partial charge in [0.15, 0.2) is 0 Å². The summed E-state index contributed by atoms with van der Waals surface area (Å²) >= 11 is 0. The normalized spacial score (nSPS) is 19.0. The molecule has 0 bridgehead atoms. The molecule has 1 aliphatic heterocycles. The van der Waals surface area contributed by atoms with Crippen LogP contribution in [0.2, 0.25) is 0 Å². The van der Waals surface area contributed by atoms with Crippen molar-refractivity contribution < 1.29 is 14.7 Å². The van der Waals surface area contributed by atoms with Gasteiger partial charge in [-0.1, -0.05) is 76.2 Å². The number of nitrogens with zero attached hydrogens (tertiary/aromatic N) is 1. The quantitative estimate of drug-likeness (QED) is 0.490. The second kappa shape index (κ2) is 8.59. The second-order valence-electron chi connectivity index (χ2n) is 12.6. The third-order valence-corrected chi connectivity index (χ3v) is 8.27. The van der Waals surface area contributed by atoms with Crippen LogP contribution in [0.1, 0.15) is 102 Å². The first-order valence-electron chi connectivity index (χ1n) is 11.4. The summed E-state index contributed by atoms with van der Waals surface area (Å²) in [4.78, 5) is 27.1. The Morgan fingerprint density at radius 2 is 1.52 bits per heavy atom. The van der Waals surface area contributed by atoms with Gasteiger partial charge in [0.2, 0.25) is 5.91 Å². The smallest absolute Gasteiger partial charge is 0.307 e. The van der Waals surface area contributed by atoms with E-state index in [1.807, 2.05) is 0 Å². The van der Waals surface area contributed by atoms with E-state index in [0.717, 1.165) is 19.4 Å².